The average Bonchev–Trinajstić information content (AvgIpc) is 2.72. The molecule has 30 heavy (non-hydrogen) atoms. The standard InChI is InChI=1S/C25H48NO3.H2O/c1-5-8-11-14-17-20-23(27)26(4,24(28)21-18-15-12-9-6-2)25(29)22-19-16-13-10-7-3;/h5-22H2,1-4H3;1H2/q+1;/p-1. The van der Waals surface area contributed by atoms with Crippen molar-refractivity contribution in [3.8, 4) is 0 Å². The molecule has 0 aromatic rings. The highest BCUT2D eigenvalue weighted by Gasteiger charge is 2.45. The first-order chi connectivity index (χ1) is 13.9. The Morgan fingerprint density at radius 2 is 0.700 bits per heavy atom. The summed E-state index contributed by atoms with van der Waals surface area (Å²) in [7, 11) is 1.57. The van der Waals surface area contributed by atoms with Gasteiger partial charge in [-0.15, -0.1) is 4.48 Å². The van der Waals surface area contributed by atoms with Crippen molar-refractivity contribution in [2.24, 2.45) is 0 Å². The molecule has 0 rings (SSSR count). The third kappa shape index (κ3) is 12.6. The van der Waals surface area contributed by atoms with Gasteiger partial charge in [0.05, 0.1) is 26.3 Å². The largest absolute Gasteiger partial charge is 0.870 e. The molecule has 0 radical (unpaired) electrons. The second-order valence-electron chi connectivity index (χ2n) is 8.68. The Balaban J connectivity index is 0. The second kappa shape index (κ2) is 19.9. The molecule has 0 saturated carbocycles. The summed E-state index contributed by atoms with van der Waals surface area (Å²) in [6.45, 7) is 6.49. The van der Waals surface area contributed by atoms with Gasteiger partial charge in [-0.05, 0) is 19.3 Å². The molecular weight excluding hydrogens is 378 g/mol. The fourth-order valence-corrected chi connectivity index (χ4v) is 3.73. The van der Waals surface area contributed by atoms with E-state index in [0.717, 1.165) is 77.0 Å². The van der Waals surface area contributed by atoms with Crippen LogP contribution in [0.3, 0.4) is 0 Å². The zero-order valence-electron chi connectivity index (χ0n) is 20.3. The first-order valence-corrected chi connectivity index (χ1v) is 12.4. The first-order valence-electron chi connectivity index (χ1n) is 12.4. The van der Waals surface area contributed by atoms with E-state index in [4.69, 9.17) is 0 Å². The lowest BCUT2D eigenvalue weighted by molar-refractivity contribution is -0.681. The van der Waals surface area contributed by atoms with Crippen LogP contribution in [0.4, 0.5) is 0 Å². The number of hydrogen-bond donors (Lipinski definition) is 0. The Morgan fingerprint density at radius 3 is 0.933 bits per heavy atom. The lowest BCUT2D eigenvalue weighted by Gasteiger charge is -2.26. The molecule has 0 saturated heterocycles. The molecule has 0 heterocycles. The number of unbranched alkanes of at least 4 members (excludes halogenated alkanes) is 12. The van der Waals surface area contributed by atoms with E-state index < -0.39 is 4.48 Å². The molecule has 0 aromatic heterocycles. The van der Waals surface area contributed by atoms with Gasteiger partial charge in [-0.1, -0.05) is 97.8 Å². The van der Waals surface area contributed by atoms with Crippen molar-refractivity contribution in [2.45, 2.75) is 136 Å². The molecule has 178 valence electrons. The van der Waals surface area contributed by atoms with Crippen LogP contribution >= 0.6 is 0 Å². The monoisotopic (exact) mass is 427 g/mol. The van der Waals surface area contributed by atoms with E-state index in [-0.39, 0.29) is 23.2 Å². The predicted molar refractivity (Wildman–Crippen MR) is 123 cm³/mol. The fourth-order valence-electron chi connectivity index (χ4n) is 3.73. The molecule has 0 atom stereocenters. The highest BCUT2D eigenvalue weighted by atomic mass is 16.2. The van der Waals surface area contributed by atoms with E-state index in [9.17, 15) is 14.4 Å². The summed E-state index contributed by atoms with van der Waals surface area (Å²) < 4.78 is -0.602. The molecule has 3 amide bonds. The maximum atomic E-state index is 13.0. The number of amides is 3. The maximum Gasteiger partial charge on any atom is 0.328 e. The summed E-state index contributed by atoms with van der Waals surface area (Å²) in [4.78, 5) is 38.9. The summed E-state index contributed by atoms with van der Waals surface area (Å²) >= 11 is 0. The van der Waals surface area contributed by atoms with E-state index in [0.29, 0.717) is 19.3 Å². The van der Waals surface area contributed by atoms with Crippen molar-refractivity contribution in [2.75, 3.05) is 7.05 Å². The van der Waals surface area contributed by atoms with Crippen LogP contribution in [-0.2, 0) is 14.4 Å². The van der Waals surface area contributed by atoms with Crippen LogP contribution in [0, 0.1) is 0 Å². The first kappa shape index (κ1) is 31.1. The highest BCUT2D eigenvalue weighted by molar-refractivity contribution is 5.97. The molecule has 0 aliphatic heterocycles. The van der Waals surface area contributed by atoms with Gasteiger partial charge in [0.25, 0.3) is 0 Å². The minimum atomic E-state index is -0.602. The quantitative estimate of drug-likeness (QED) is 0.176. The Labute approximate surface area is 185 Å². The fraction of sp³-hybridized carbons (Fsp3) is 0.880. The zero-order chi connectivity index (χ0) is 22.0. The normalized spacial score (nSPS) is 11.2. The molecule has 0 aromatic carbocycles. The lowest BCUT2D eigenvalue weighted by atomic mass is 10.1. The smallest absolute Gasteiger partial charge is 0.328 e. The maximum absolute atomic E-state index is 13.0. The topological polar surface area (TPSA) is 81.2 Å². The molecule has 0 unspecified atom stereocenters. The van der Waals surface area contributed by atoms with E-state index >= 15 is 0 Å². The van der Waals surface area contributed by atoms with Crippen molar-refractivity contribution in [3.05, 3.63) is 0 Å². The number of carbonyl (C=O) groups excluding carboxylic acids is 3. The van der Waals surface area contributed by atoms with Gasteiger partial charge in [-0.3, -0.25) is 0 Å². The number of quaternary nitrogens is 1. The van der Waals surface area contributed by atoms with Gasteiger partial charge in [0.2, 0.25) is 0 Å². The lowest BCUT2D eigenvalue weighted by Crippen LogP contribution is -2.57. The zero-order valence-corrected chi connectivity index (χ0v) is 20.3. The van der Waals surface area contributed by atoms with Gasteiger partial charge in [-0.2, -0.15) is 0 Å². The van der Waals surface area contributed by atoms with Crippen molar-refractivity contribution in [1.82, 2.24) is 0 Å². The van der Waals surface area contributed by atoms with Gasteiger partial charge >= 0.3 is 17.7 Å². The van der Waals surface area contributed by atoms with Gasteiger partial charge in [-0.25, -0.2) is 14.4 Å². The third-order valence-electron chi connectivity index (χ3n) is 5.98. The number of carbonyl (C=O) groups is 3. The van der Waals surface area contributed by atoms with Crippen LogP contribution in [0.5, 0.6) is 0 Å². The Kier molecular flexibility index (Phi) is 20.6. The predicted octanol–water partition coefficient (Wildman–Crippen LogP) is 6.92. The molecule has 0 aliphatic rings. The summed E-state index contributed by atoms with van der Waals surface area (Å²) in [6.07, 6.45) is 16.7. The summed E-state index contributed by atoms with van der Waals surface area (Å²) in [5, 5.41) is 0. The Bertz CT molecular complexity index is 397. The molecule has 0 fully saturated rings. The minimum absolute atomic E-state index is 0. The summed E-state index contributed by atoms with van der Waals surface area (Å²) in [5.41, 5.74) is 0. The van der Waals surface area contributed by atoms with E-state index in [1.807, 2.05) is 0 Å². The van der Waals surface area contributed by atoms with Crippen LogP contribution in [0.2, 0.25) is 0 Å². The van der Waals surface area contributed by atoms with E-state index in [1.54, 1.807) is 7.05 Å². The summed E-state index contributed by atoms with van der Waals surface area (Å²) in [6, 6.07) is 0. The van der Waals surface area contributed by atoms with Gasteiger partial charge in [0, 0.05) is 0 Å². The van der Waals surface area contributed by atoms with Crippen molar-refractivity contribution < 1.29 is 24.3 Å². The van der Waals surface area contributed by atoms with E-state index in [1.165, 1.54) is 19.3 Å². The molecule has 1 N–H and O–H groups in total. The number of imide groups is 3. The van der Waals surface area contributed by atoms with Crippen LogP contribution in [0.1, 0.15) is 136 Å². The minimum Gasteiger partial charge on any atom is -0.870 e. The molecule has 5 heteroatoms. The van der Waals surface area contributed by atoms with Crippen molar-refractivity contribution in [1.29, 1.82) is 0 Å². The van der Waals surface area contributed by atoms with Gasteiger partial charge in [0.1, 0.15) is 0 Å². The molecule has 0 bridgehead atoms. The highest BCUT2D eigenvalue weighted by Crippen LogP contribution is 2.20. The van der Waals surface area contributed by atoms with Crippen LogP contribution < -0.4 is 0 Å². The molecular formula is C25H49NO4. The van der Waals surface area contributed by atoms with Gasteiger partial charge in [0.15, 0.2) is 0 Å². The number of hydrogen-bond acceptors (Lipinski definition) is 4. The van der Waals surface area contributed by atoms with Crippen LogP contribution in [0.25, 0.3) is 0 Å². The molecule has 5 nitrogen and oxygen atoms in total. The van der Waals surface area contributed by atoms with Gasteiger partial charge < -0.3 is 5.48 Å². The molecule has 0 spiro atoms. The number of nitrogens with zero attached hydrogens (tertiary/aromatic N) is 1. The number of rotatable bonds is 18. The molecule has 0 aliphatic carbocycles. The average molecular weight is 428 g/mol. The second-order valence-corrected chi connectivity index (χ2v) is 8.68. The van der Waals surface area contributed by atoms with Crippen LogP contribution in [-0.4, -0.2) is 34.7 Å². The SMILES string of the molecule is CCCCCCCC(=O)[N+](C)(C(=O)CCCCCCC)C(=O)CCCCCCC.[OH-]. The van der Waals surface area contributed by atoms with Crippen molar-refractivity contribution >= 4 is 17.7 Å². The van der Waals surface area contributed by atoms with Crippen molar-refractivity contribution in [3.63, 3.8) is 0 Å². The summed E-state index contributed by atoms with van der Waals surface area (Å²) in [5.74, 6) is -0.587. The van der Waals surface area contributed by atoms with E-state index in [2.05, 4.69) is 20.8 Å². The van der Waals surface area contributed by atoms with Crippen LogP contribution in [0.15, 0.2) is 0 Å². The Morgan fingerprint density at radius 1 is 0.467 bits per heavy atom. The third-order valence-corrected chi connectivity index (χ3v) is 5.98. The Hall–Kier alpha value is -1.07.